The van der Waals surface area contributed by atoms with Crippen LogP contribution in [0.3, 0.4) is 0 Å². The summed E-state index contributed by atoms with van der Waals surface area (Å²) in [5.74, 6) is 1.21. The molecule has 0 saturated carbocycles. The molecular formula is C22H31N5O2S. The summed E-state index contributed by atoms with van der Waals surface area (Å²) in [6.45, 7) is 13.0. The van der Waals surface area contributed by atoms with Gasteiger partial charge >= 0.3 is 5.69 Å². The summed E-state index contributed by atoms with van der Waals surface area (Å²) in [6.07, 6.45) is 2.22. The lowest BCUT2D eigenvalue weighted by Crippen LogP contribution is -2.29. The minimum atomic E-state index is 0.00353. The van der Waals surface area contributed by atoms with Crippen LogP contribution in [-0.4, -0.2) is 36.7 Å². The van der Waals surface area contributed by atoms with E-state index in [1.165, 1.54) is 0 Å². The SMILES string of the molecule is Cc1noc(C)c1SN1CCCC(c2ccc3c(n2)n(C)c(=O)n3CC(C)(C)C)C1. The second-order valence-electron chi connectivity index (χ2n) is 9.54. The lowest BCUT2D eigenvalue weighted by Gasteiger charge is -2.31. The summed E-state index contributed by atoms with van der Waals surface area (Å²) in [5.41, 5.74) is 3.72. The minimum Gasteiger partial charge on any atom is -0.360 e. The molecule has 3 aromatic heterocycles. The Morgan fingerprint density at radius 1 is 1.27 bits per heavy atom. The molecule has 1 aliphatic heterocycles. The number of nitrogens with zero attached hydrogens (tertiary/aromatic N) is 5. The molecular weight excluding hydrogens is 398 g/mol. The van der Waals surface area contributed by atoms with Gasteiger partial charge in [-0.2, -0.15) is 0 Å². The van der Waals surface area contributed by atoms with E-state index in [-0.39, 0.29) is 11.1 Å². The van der Waals surface area contributed by atoms with Gasteiger partial charge in [-0.1, -0.05) is 25.9 Å². The average Bonchev–Trinajstić information content (AvgIpc) is 3.13. The molecule has 0 N–H and O–H groups in total. The van der Waals surface area contributed by atoms with Gasteiger partial charge in [0.2, 0.25) is 0 Å². The first-order chi connectivity index (χ1) is 14.1. The van der Waals surface area contributed by atoms with Crippen LogP contribution in [0.25, 0.3) is 11.2 Å². The maximum atomic E-state index is 12.8. The van der Waals surface area contributed by atoms with Gasteiger partial charge in [0.05, 0.1) is 16.1 Å². The van der Waals surface area contributed by atoms with Crippen molar-refractivity contribution in [3.63, 3.8) is 0 Å². The van der Waals surface area contributed by atoms with E-state index in [1.807, 2.05) is 25.5 Å². The first kappa shape index (κ1) is 21.2. The maximum absolute atomic E-state index is 12.8. The van der Waals surface area contributed by atoms with Crippen LogP contribution in [0.15, 0.2) is 26.3 Å². The topological polar surface area (TPSA) is 69.1 Å². The monoisotopic (exact) mass is 429 g/mol. The summed E-state index contributed by atoms with van der Waals surface area (Å²) in [6, 6.07) is 4.18. The zero-order valence-electron chi connectivity index (χ0n) is 18.7. The van der Waals surface area contributed by atoms with Crippen LogP contribution in [-0.2, 0) is 13.6 Å². The van der Waals surface area contributed by atoms with Gasteiger partial charge < -0.3 is 4.52 Å². The van der Waals surface area contributed by atoms with Crippen LogP contribution in [0.5, 0.6) is 0 Å². The summed E-state index contributed by atoms with van der Waals surface area (Å²) in [7, 11) is 1.82. The van der Waals surface area contributed by atoms with Crippen LogP contribution >= 0.6 is 11.9 Å². The molecule has 162 valence electrons. The third-order valence-electron chi connectivity index (χ3n) is 5.63. The Morgan fingerprint density at radius 2 is 2.03 bits per heavy atom. The highest BCUT2D eigenvalue weighted by molar-refractivity contribution is 7.97. The van der Waals surface area contributed by atoms with Crippen molar-refractivity contribution in [2.24, 2.45) is 12.5 Å². The lowest BCUT2D eigenvalue weighted by molar-refractivity contribution is 0.338. The Hall–Kier alpha value is -2.06. The van der Waals surface area contributed by atoms with Gasteiger partial charge in [0.15, 0.2) is 5.65 Å². The van der Waals surface area contributed by atoms with Crippen LogP contribution < -0.4 is 5.69 Å². The van der Waals surface area contributed by atoms with Crippen molar-refractivity contribution in [2.75, 3.05) is 13.1 Å². The average molecular weight is 430 g/mol. The second kappa shape index (κ2) is 7.89. The van der Waals surface area contributed by atoms with Gasteiger partial charge in [-0.15, -0.1) is 0 Å². The summed E-state index contributed by atoms with van der Waals surface area (Å²) in [4.78, 5) is 18.9. The number of fused-ring (bicyclic) bond motifs is 1. The van der Waals surface area contributed by atoms with Gasteiger partial charge in [-0.25, -0.2) is 14.1 Å². The normalized spacial score (nSPS) is 18.4. The molecule has 7 nitrogen and oxygen atoms in total. The van der Waals surface area contributed by atoms with E-state index >= 15 is 0 Å². The number of aromatic nitrogens is 4. The Morgan fingerprint density at radius 3 is 2.70 bits per heavy atom. The third-order valence-corrected chi connectivity index (χ3v) is 6.98. The van der Waals surface area contributed by atoms with Gasteiger partial charge in [-0.3, -0.25) is 9.13 Å². The van der Waals surface area contributed by atoms with Crippen LogP contribution in [0.2, 0.25) is 0 Å². The Kier molecular flexibility index (Phi) is 5.57. The van der Waals surface area contributed by atoms with E-state index < -0.39 is 0 Å². The molecule has 0 amide bonds. The number of rotatable bonds is 4. The molecule has 0 bridgehead atoms. The van der Waals surface area contributed by atoms with E-state index in [2.05, 4.69) is 42.4 Å². The molecule has 1 saturated heterocycles. The van der Waals surface area contributed by atoms with Crippen molar-refractivity contribution < 1.29 is 4.52 Å². The molecule has 1 fully saturated rings. The molecule has 4 heterocycles. The van der Waals surface area contributed by atoms with Gasteiger partial charge in [0.25, 0.3) is 0 Å². The number of pyridine rings is 1. The summed E-state index contributed by atoms with van der Waals surface area (Å²) in [5, 5.41) is 4.07. The molecule has 0 radical (unpaired) electrons. The smallest absolute Gasteiger partial charge is 0.330 e. The number of aryl methyl sites for hydroxylation is 3. The maximum Gasteiger partial charge on any atom is 0.330 e. The third kappa shape index (κ3) is 4.07. The molecule has 1 atom stereocenters. The molecule has 30 heavy (non-hydrogen) atoms. The quantitative estimate of drug-likeness (QED) is 0.577. The molecule has 3 aromatic rings. The van der Waals surface area contributed by atoms with Crippen molar-refractivity contribution in [1.29, 1.82) is 0 Å². The fourth-order valence-electron chi connectivity index (χ4n) is 4.14. The van der Waals surface area contributed by atoms with E-state index in [9.17, 15) is 4.79 Å². The Balaban J connectivity index is 1.60. The van der Waals surface area contributed by atoms with Crippen molar-refractivity contribution in [2.45, 2.75) is 64.8 Å². The van der Waals surface area contributed by atoms with Crippen LogP contribution in [0.4, 0.5) is 0 Å². The first-order valence-corrected chi connectivity index (χ1v) is 11.3. The van der Waals surface area contributed by atoms with Crippen molar-refractivity contribution in [3.8, 4) is 0 Å². The molecule has 0 aliphatic carbocycles. The van der Waals surface area contributed by atoms with Crippen molar-refractivity contribution in [3.05, 3.63) is 39.8 Å². The molecule has 1 unspecified atom stereocenters. The zero-order chi connectivity index (χ0) is 21.6. The largest absolute Gasteiger partial charge is 0.360 e. The molecule has 1 aliphatic rings. The number of hydrogen-bond acceptors (Lipinski definition) is 6. The minimum absolute atomic E-state index is 0.00353. The lowest BCUT2D eigenvalue weighted by atomic mass is 9.95. The predicted molar refractivity (Wildman–Crippen MR) is 120 cm³/mol. The van der Waals surface area contributed by atoms with Crippen molar-refractivity contribution in [1.82, 2.24) is 23.6 Å². The summed E-state index contributed by atoms with van der Waals surface area (Å²) < 4.78 is 11.2. The molecule has 8 heteroatoms. The molecule has 4 rings (SSSR count). The zero-order valence-corrected chi connectivity index (χ0v) is 19.5. The molecule has 0 spiro atoms. The van der Waals surface area contributed by atoms with E-state index in [0.717, 1.165) is 59.1 Å². The predicted octanol–water partition coefficient (Wildman–Crippen LogP) is 4.27. The van der Waals surface area contributed by atoms with Crippen molar-refractivity contribution >= 4 is 23.1 Å². The number of imidazole rings is 1. The highest BCUT2D eigenvalue weighted by Crippen LogP contribution is 2.35. The van der Waals surface area contributed by atoms with Crippen LogP contribution in [0.1, 0.15) is 56.7 Å². The Bertz CT molecular complexity index is 1100. The van der Waals surface area contributed by atoms with Gasteiger partial charge in [0.1, 0.15) is 5.76 Å². The fourth-order valence-corrected chi connectivity index (χ4v) is 5.21. The second-order valence-corrected chi connectivity index (χ2v) is 10.6. The highest BCUT2D eigenvalue weighted by atomic mass is 32.2. The highest BCUT2D eigenvalue weighted by Gasteiger charge is 2.26. The number of hydrogen-bond donors (Lipinski definition) is 0. The molecule has 0 aromatic carbocycles. The van der Waals surface area contributed by atoms with Gasteiger partial charge in [-0.05, 0) is 56.2 Å². The first-order valence-electron chi connectivity index (χ1n) is 10.6. The van der Waals surface area contributed by atoms with E-state index in [4.69, 9.17) is 9.51 Å². The Labute approximate surface area is 181 Å². The van der Waals surface area contributed by atoms with E-state index in [1.54, 1.807) is 16.5 Å². The standard InChI is InChI=1S/C22H31N5O2S/c1-14-19(15(2)29-24-14)30-26-11-7-8-16(12-26)17-9-10-18-20(23-17)25(6)21(28)27(18)13-22(3,4)5/h9-10,16H,7-8,11-13H2,1-6H3. The fraction of sp³-hybridized carbons (Fsp3) is 0.591. The van der Waals surface area contributed by atoms with E-state index in [0.29, 0.717) is 12.5 Å². The van der Waals surface area contributed by atoms with Gasteiger partial charge in [0, 0.05) is 38.3 Å². The van der Waals surface area contributed by atoms with Crippen LogP contribution in [0, 0.1) is 19.3 Å². The number of piperidine rings is 1. The summed E-state index contributed by atoms with van der Waals surface area (Å²) >= 11 is 1.73.